The van der Waals surface area contributed by atoms with Gasteiger partial charge in [0.15, 0.2) is 0 Å². The minimum Gasteiger partial charge on any atom is -0.336 e. The highest BCUT2D eigenvalue weighted by molar-refractivity contribution is 5.95. The number of piperidine rings is 1. The molecule has 0 saturated carbocycles. The van der Waals surface area contributed by atoms with Crippen molar-refractivity contribution in [3.8, 4) is 5.69 Å². The molecule has 7 heteroatoms. The SMILES string of the molecule is CC1CCCCN1C(=O)c1ccc(-n2ccnc2)c([N+](=O)[O-])c1. The van der Waals surface area contributed by atoms with Gasteiger partial charge in [0.1, 0.15) is 5.69 Å². The molecule has 0 radical (unpaired) electrons. The third-order valence-electron chi connectivity index (χ3n) is 4.27. The zero-order valence-corrected chi connectivity index (χ0v) is 12.9. The van der Waals surface area contributed by atoms with Gasteiger partial charge in [-0.25, -0.2) is 4.98 Å². The minimum atomic E-state index is -0.467. The molecule has 1 aromatic heterocycles. The monoisotopic (exact) mass is 314 g/mol. The molecule has 0 spiro atoms. The van der Waals surface area contributed by atoms with Gasteiger partial charge in [0.2, 0.25) is 0 Å². The highest BCUT2D eigenvalue weighted by atomic mass is 16.6. The van der Waals surface area contributed by atoms with Crippen molar-refractivity contribution in [1.82, 2.24) is 14.5 Å². The number of carbonyl (C=O) groups excluding carboxylic acids is 1. The summed E-state index contributed by atoms with van der Waals surface area (Å²) in [5.41, 5.74) is 0.656. The maximum absolute atomic E-state index is 12.7. The molecule has 1 amide bonds. The molecule has 23 heavy (non-hydrogen) atoms. The van der Waals surface area contributed by atoms with Crippen LogP contribution in [0.15, 0.2) is 36.9 Å². The molecule has 1 unspecified atom stereocenters. The lowest BCUT2D eigenvalue weighted by Gasteiger charge is -2.33. The van der Waals surface area contributed by atoms with Gasteiger partial charge in [0, 0.05) is 36.6 Å². The van der Waals surface area contributed by atoms with Crippen LogP contribution >= 0.6 is 0 Å². The highest BCUT2D eigenvalue weighted by Gasteiger charge is 2.26. The second-order valence-electron chi connectivity index (χ2n) is 5.77. The number of nitro benzene ring substituents is 1. The van der Waals surface area contributed by atoms with Gasteiger partial charge < -0.3 is 9.47 Å². The van der Waals surface area contributed by atoms with Crippen molar-refractivity contribution < 1.29 is 9.72 Å². The van der Waals surface area contributed by atoms with Gasteiger partial charge in [-0.15, -0.1) is 0 Å². The van der Waals surface area contributed by atoms with Crippen LogP contribution in [0.2, 0.25) is 0 Å². The molecule has 0 bridgehead atoms. The summed E-state index contributed by atoms with van der Waals surface area (Å²) >= 11 is 0. The molecule has 1 saturated heterocycles. The number of nitro groups is 1. The van der Waals surface area contributed by atoms with Crippen LogP contribution in [0.5, 0.6) is 0 Å². The Bertz CT molecular complexity index is 727. The number of amides is 1. The molecular formula is C16H18N4O3. The number of nitrogens with zero attached hydrogens (tertiary/aromatic N) is 4. The van der Waals surface area contributed by atoms with Gasteiger partial charge in [-0.3, -0.25) is 14.9 Å². The second kappa shape index (κ2) is 6.20. The molecule has 1 atom stereocenters. The van der Waals surface area contributed by atoms with Crippen LogP contribution in [-0.4, -0.2) is 37.9 Å². The fraction of sp³-hybridized carbons (Fsp3) is 0.375. The summed E-state index contributed by atoms with van der Waals surface area (Å²) in [4.78, 5) is 29.3. The Morgan fingerprint density at radius 3 is 2.87 bits per heavy atom. The molecule has 2 aromatic rings. The van der Waals surface area contributed by atoms with Crippen LogP contribution < -0.4 is 0 Å². The Morgan fingerprint density at radius 2 is 2.22 bits per heavy atom. The van der Waals surface area contributed by atoms with E-state index >= 15 is 0 Å². The van der Waals surface area contributed by atoms with Crippen molar-refractivity contribution >= 4 is 11.6 Å². The lowest BCUT2D eigenvalue weighted by atomic mass is 10.0. The predicted molar refractivity (Wildman–Crippen MR) is 84.6 cm³/mol. The first-order valence-corrected chi connectivity index (χ1v) is 7.65. The Labute approximate surface area is 133 Å². The average molecular weight is 314 g/mol. The van der Waals surface area contributed by atoms with Crippen LogP contribution in [0.3, 0.4) is 0 Å². The van der Waals surface area contributed by atoms with Gasteiger partial charge in [-0.05, 0) is 38.3 Å². The maximum Gasteiger partial charge on any atom is 0.294 e. The first-order valence-electron chi connectivity index (χ1n) is 7.65. The second-order valence-corrected chi connectivity index (χ2v) is 5.77. The molecular weight excluding hydrogens is 296 g/mol. The van der Waals surface area contributed by atoms with Crippen LogP contribution in [0, 0.1) is 10.1 Å². The number of carbonyl (C=O) groups is 1. The molecule has 0 N–H and O–H groups in total. The van der Waals surface area contributed by atoms with E-state index in [0.717, 1.165) is 19.3 Å². The lowest BCUT2D eigenvalue weighted by Crippen LogP contribution is -2.42. The fourth-order valence-electron chi connectivity index (χ4n) is 2.99. The quantitative estimate of drug-likeness (QED) is 0.644. The molecule has 3 rings (SSSR count). The average Bonchev–Trinajstić information content (AvgIpc) is 3.08. The number of hydrogen-bond acceptors (Lipinski definition) is 4. The Kier molecular flexibility index (Phi) is 4.10. The standard InChI is InChI=1S/C16H18N4O3/c1-12-4-2-3-8-19(12)16(21)13-5-6-14(15(10-13)20(22)23)18-9-7-17-11-18/h5-7,9-12H,2-4,8H2,1H3. The van der Waals surface area contributed by atoms with Crippen LogP contribution in [-0.2, 0) is 0 Å². The smallest absolute Gasteiger partial charge is 0.294 e. The number of aromatic nitrogens is 2. The van der Waals surface area contributed by atoms with Crippen molar-refractivity contribution in [2.24, 2.45) is 0 Å². The Balaban J connectivity index is 1.96. The summed E-state index contributed by atoms with van der Waals surface area (Å²) in [5, 5.41) is 11.4. The molecule has 1 fully saturated rings. The van der Waals surface area contributed by atoms with E-state index in [1.54, 1.807) is 34.0 Å². The van der Waals surface area contributed by atoms with Crippen molar-refractivity contribution in [3.05, 3.63) is 52.6 Å². The molecule has 120 valence electrons. The zero-order valence-electron chi connectivity index (χ0n) is 12.9. The highest BCUT2D eigenvalue weighted by Crippen LogP contribution is 2.26. The Hall–Kier alpha value is -2.70. The number of benzene rings is 1. The number of rotatable bonds is 3. The van der Waals surface area contributed by atoms with E-state index in [-0.39, 0.29) is 17.6 Å². The Morgan fingerprint density at radius 1 is 1.39 bits per heavy atom. The molecule has 1 aliphatic heterocycles. The van der Waals surface area contributed by atoms with Gasteiger partial charge in [0.05, 0.1) is 11.3 Å². The van der Waals surface area contributed by atoms with Crippen LogP contribution in [0.25, 0.3) is 5.69 Å². The van der Waals surface area contributed by atoms with Crippen molar-refractivity contribution in [3.63, 3.8) is 0 Å². The molecule has 1 aliphatic rings. The largest absolute Gasteiger partial charge is 0.336 e. The summed E-state index contributed by atoms with van der Waals surface area (Å²) in [5.74, 6) is -0.141. The summed E-state index contributed by atoms with van der Waals surface area (Å²) in [6.45, 7) is 2.72. The normalized spacial score (nSPS) is 18.0. The van der Waals surface area contributed by atoms with E-state index in [9.17, 15) is 14.9 Å². The molecule has 1 aromatic carbocycles. The molecule has 7 nitrogen and oxygen atoms in total. The van der Waals surface area contributed by atoms with Gasteiger partial charge in [-0.1, -0.05) is 0 Å². The van der Waals surface area contributed by atoms with Crippen molar-refractivity contribution in [2.45, 2.75) is 32.2 Å². The summed E-state index contributed by atoms with van der Waals surface area (Å²) in [7, 11) is 0. The maximum atomic E-state index is 12.7. The summed E-state index contributed by atoms with van der Waals surface area (Å²) < 4.78 is 1.57. The number of imidazole rings is 1. The van der Waals surface area contributed by atoms with Gasteiger partial charge in [-0.2, -0.15) is 0 Å². The number of hydrogen-bond donors (Lipinski definition) is 0. The van der Waals surface area contributed by atoms with E-state index in [4.69, 9.17) is 0 Å². The topological polar surface area (TPSA) is 81.3 Å². The zero-order chi connectivity index (χ0) is 16.4. The first kappa shape index (κ1) is 15.2. The lowest BCUT2D eigenvalue weighted by molar-refractivity contribution is -0.384. The van der Waals surface area contributed by atoms with E-state index in [1.165, 1.54) is 12.4 Å². The van der Waals surface area contributed by atoms with E-state index in [0.29, 0.717) is 17.8 Å². The first-order chi connectivity index (χ1) is 11.1. The van der Waals surface area contributed by atoms with Gasteiger partial charge >= 0.3 is 0 Å². The van der Waals surface area contributed by atoms with Gasteiger partial charge in [0.25, 0.3) is 11.6 Å². The fourth-order valence-corrected chi connectivity index (χ4v) is 2.99. The molecule has 0 aliphatic carbocycles. The van der Waals surface area contributed by atoms with Crippen LogP contribution in [0.1, 0.15) is 36.5 Å². The third kappa shape index (κ3) is 2.94. The van der Waals surface area contributed by atoms with Crippen molar-refractivity contribution in [2.75, 3.05) is 6.54 Å². The summed E-state index contributed by atoms with van der Waals surface area (Å²) in [6.07, 6.45) is 7.75. The third-order valence-corrected chi connectivity index (χ3v) is 4.27. The predicted octanol–water partition coefficient (Wildman–Crippen LogP) is 2.80. The minimum absolute atomic E-state index is 0.0986. The van der Waals surface area contributed by atoms with E-state index < -0.39 is 4.92 Å². The molecule has 2 heterocycles. The van der Waals surface area contributed by atoms with Crippen LogP contribution in [0.4, 0.5) is 5.69 Å². The van der Waals surface area contributed by atoms with E-state index in [1.807, 2.05) is 6.92 Å². The summed E-state index contributed by atoms with van der Waals surface area (Å²) in [6, 6.07) is 4.77. The van der Waals surface area contributed by atoms with Crippen molar-refractivity contribution in [1.29, 1.82) is 0 Å². The van der Waals surface area contributed by atoms with E-state index in [2.05, 4.69) is 4.98 Å². The number of likely N-dealkylation sites (tertiary alicyclic amines) is 1.